The largest absolute Gasteiger partial charge is 0.417 e. The standard InChI is InChI=1S/C30H33ClF3N3O4S/c1-29(2,3)35-28(39)26(17-21-11-7-5-8-12-21)36(19-22-13-9-6-10-14-22)27(38)20-37(42(4,40)41)23-15-16-25(31)24(18-23)30(32,33)34/h5-16,18,26H,17,19-20H2,1-4H3,(H,35,39)/t26-/m1/s1. The Morgan fingerprint density at radius 2 is 1.45 bits per heavy atom. The predicted molar refractivity (Wildman–Crippen MR) is 157 cm³/mol. The van der Waals surface area contributed by atoms with Gasteiger partial charge in [0.1, 0.15) is 12.6 Å². The Balaban J connectivity index is 2.10. The molecule has 0 unspecified atom stereocenters. The summed E-state index contributed by atoms with van der Waals surface area (Å²) in [7, 11) is -4.25. The van der Waals surface area contributed by atoms with E-state index in [0.717, 1.165) is 24.0 Å². The Kier molecular flexibility index (Phi) is 10.3. The Bertz CT molecular complexity index is 1500. The van der Waals surface area contributed by atoms with Gasteiger partial charge < -0.3 is 10.2 Å². The summed E-state index contributed by atoms with van der Waals surface area (Å²) in [4.78, 5) is 29.0. The monoisotopic (exact) mass is 623 g/mol. The first-order valence-electron chi connectivity index (χ1n) is 13.0. The van der Waals surface area contributed by atoms with E-state index < -0.39 is 56.7 Å². The summed E-state index contributed by atoms with van der Waals surface area (Å²) in [6, 6.07) is 19.4. The zero-order valence-corrected chi connectivity index (χ0v) is 25.2. The molecule has 1 N–H and O–H groups in total. The third-order valence-corrected chi connectivity index (χ3v) is 7.66. The molecule has 0 bridgehead atoms. The van der Waals surface area contributed by atoms with Crippen molar-refractivity contribution in [3.05, 3.63) is 101 Å². The van der Waals surface area contributed by atoms with Crippen LogP contribution in [0, 0.1) is 0 Å². The summed E-state index contributed by atoms with van der Waals surface area (Å²) < 4.78 is 67.0. The molecule has 0 fully saturated rings. The van der Waals surface area contributed by atoms with Gasteiger partial charge in [-0.25, -0.2) is 8.42 Å². The van der Waals surface area contributed by atoms with Gasteiger partial charge in [0.05, 0.1) is 22.5 Å². The molecule has 7 nitrogen and oxygen atoms in total. The molecule has 0 aliphatic carbocycles. The van der Waals surface area contributed by atoms with E-state index in [0.29, 0.717) is 15.9 Å². The first kappa shape index (κ1) is 32.9. The van der Waals surface area contributed by atoms with Crippen molar-refractivity contribution in [3.8, 4) is 0 Å². The lowest BCUT2D eigenvalue weighted by atomic mass is 10.0. The van der Waals surface area contributed by atoms with Crippen LogP contribution in [0.4, 0.5) is 18.9 Å². The number of sulfonamides is 1. The minimum Gasteiger partial charge on any atom is -0.350 e. The van der Waals surface area contributed by atoms with Crippen LogP contribution in [-0.4, -0.2) is 49.5 Å². The molecule has 0 aromatic heterocycles. The second-order valence-electron chi connectivity index (χ2n) is 10.9. The van der Waals surface area contributed by atoms with Crippen molar-refractivity contribution >= 4 is 39.1 Å². The molecule has 3 rings (SSSR count). The zero-order chi connectivity index (χ0) is 31.3. The van der Waals surface area contributed by atoms with Crippen LogP contribution in [0.2, 0.25) is 5.02 Å². The summed E-state index contributed by atoms with van der Waals surface area (Å²) in [5.74, 6) is -1.25. The number of carbonyl (C=O) groups excluding carboxylic acids is 2. The number of alkyl halides is 3. The van der Waals surface area contributed by atoms with Crippen molar-refractivity contribution in [3.63, 3.8) is 0 Å². The molecule has 0 radical (unpaired) electrons. The van der Waals surface area contributed by atoms with Crippen LogP contribution in [0.3, 0.4) is 0 Å². The molecule has 226 valence electrons. The molecule has 12 heteroatoms. The zero-order valence-electron chi connectivity index (χ0n) is 23.7. The van der Waals surface area contributed by atoms with Gasteiger partial charge in [0.15, 0.2) is 0 Å². The van der Waals surface area contributed by atoms with Crippen LogP contribution in [0.15, 0.2) is 78.9 Å². The molecule has 0 spiro atoms. The Morgan fingerprint density at radius 1 is 0.905 bits per heavy atom. The van der Waals surface area contributed by atoms with Gasteiger partial charge in [-0.1, -0.05) is 72.3 Å². The number of nitrogens with one attached hydrogen (secondary N) is 1. The Labute approximate surface area is 249 Å². The predicted octanol–water partition coefficient (Wildman–Crippen LogP) is 5.68. The number of nitrogens with zero attached hydrogens (tertiary/aromatic N) is 2. The Morgan fingerprint density at radius 3 is 1.95 bits per heavy atom. The van der Waals surface area contributed by atoms with Crippen molar-refractivity contribution < 1.29 is 31.2 Å². The number of benzene rings is 3. The number of halogens is 4. The lowest BCUT2D eigenvalue weighted by Crippen LogP contribution is -2.56. The summed E-state index contributed by atoms with van der Waals surface area (Å²) in [6.07, 6.45) is -3.96. The number of amides is 2. The molecule has 0 heterocycles. The molecular weight excluding hydrogens is 591 g/mol. The minimum absolute atomic E-state index is 0.0548. The molecule has 2 amide bonds. The number of rotatable bonds is 10. The van der Waals surface area contributed by atoms with Crippen molar-refractivity contribution in [2.45, 2.75) is 51.5 Å². The van der Waals surface area contributed by atoms with Gasteiger partial charge >= 0.3 is 6.18 Å². The minimum atomic E-state index is -4.86. The molecule has 0 aliphatic heterocycles. The van der Waals surface area contributed by atoms with Gasteiger partial charge in [-0.15, -0.1) is 0 Å². The van der Waals surface area contributed by atoms with Crippen molar-refractivity contribution in [2.24, 2.45) is 0 Å². The molecular formula is C30H33ClF3N3O4S. The molecule has 0 saturated heterocycles. The number of hydrogen-bond acceptors (Lipinski definition) is 4. The van der Waals surface area contributed by atoms with Crippen LogP contribution >= 0.6 is 11.6 Å². The highest BCUT2D eigenvalue weighted by atomic mass is 35.5. The highest BCUT2D eigenvalue weighted by Gasteiger charge is 2.37. The van der Waals surface area contributed by atoms with E-state index in [4.69, 9.17) is 11.6 Å². The lowest BCUT2D eigenvalue weighted by molar-refractivity contribution is -0.140. The van der Waals surface area contributed by atoms with Crippen molar-refractivity contribution in [1.82, 2.24) is 10.2 Å². The summed E-state index contributed by atoms with van der Waals surface area (Å²) in [5, 5.41) is 2.29. The fourth-order valence-corrected chi connectivity index (χ4v) is 5.35. The lowest BCUT2D eigenvalue weighted by Gasteiger charge is -2.35. The number of anilines is 1. The average molecular weight is 624 g/mol. The highest BCUT2D eigenvalue weighted by Crippen LogP contribution is 2.37. The third kappa shape index (κ3) is 9.22. The van der Waals surface area contributed by atoms with Crippen LogP contribution in [-0.2, 0) is 38.8 Å². The molecule has 3 aromatic rings. The van der Waals surface area contributed by atoms with E-state index in [2.05, 4.69) is 5.32 Å². The highest BCUT2D eigenvalue weighted by molar-refractivity contribution is 7.92. The molecule has 0 aliphatic rings. The van der Waals surface area contributed by atoms with E-state index >= 15 is 0 Å². The average Bonchev–Trinajstić information content (AvgIpc) is 2.88. The van der Waals surface area contributed by atoms with Crippen molar-refractivity contribution in [1.29, 1.82) is 0 Å². The molecule has 1 atom stereocenters. The van der Waals surface area contributed by atoms with E-state index in [9.17, 15) is 31.2 Å². The first-order chi connectivity index (χ1) is 19.5. The summed E-state index contributed by atoms with van der Waals surface area (Å²) in [6.45, 7) is 4.47. The van der Waals surface area contributed by atoms with E-state index in [1.807, 2.05) is 6.07 Å². The maximum Gasteiger partial charge on any atom is 0.417 e. The smallest absolute Gasteiger partial charge is 0.350 e. The van der Waals surface area contributed by atoms with Gasteiger partial charge in [-0.3, -0.25) is 13.9 Å². The van der Waals surface area contributed by atoms with Gasteiger partial charge in [0.25, 0.3) is 0 Å². The van der Waals surface area contributed by atoms with E-state index in [1.54, 1.807) is 75.4 Å². The third-order valence-electron chi connectivity index (χ3n) is 6.19. The second-order valence-corrected chi connectivity index (χ2v) is 13.2. The normalized spacial score (nSPS) is 12.9. The molecule has 0 saturated carbocycles. The first-order valence-corrected chi connectivity index (χ1v) is 15.2. The van der Waals surface area contributed by atoms with E-state index in [1.165, 1.54) is 4.90 Å². The van der Waals surface area contributed by atoms with Crippen LogP contribution in [0.1, 0.15) is 37.5 Å². The van der Waals surface area contributed by atoms with Crippen molar-refractivity contribution in [2.75, 3.05) is 17.1 Å². The van der Waals surface area contributed by atoms with Gasteiger partial charge in [0, 0.05) is 18.5 Å². The van der Waals surface area contributed by atoms with Crippen LogP contribution in [0.25, 0.3) is 0 Å². The van der Waals surface area contributed by atoms with Gasteiger partial charge in [0.2, 0.25) is 21.8 Å². The fourth-order valence-electron chi connectivity index (χ4n) is 4.29. The Hall–Kier alpha value is -3.57. The molecule has 3 aromatic carbocycles. The summed E-state index contributed by atoms with van der Waals surface area (Å²) in [5.41, 5.74) is -0.852. The topological polar surface area (TPSA) is 86.8 Å². The van der Waals surface area contributed by atoms with Gasteiger partial charge in [-0.05, 0) is 50.1 Å². The summed E-state index contributed by atoms with van der Waals surface area (Å²) >= 11 is 5.74. The van der Waals surface area contributed by atoms with Gasteiger partial charge in [-0.2, -0.15) is 13.2 Å². The number of carbonyl (C=O) groups is 2. The quantitative estimate of drug-likeness (QED) is 0.315. The number of hydrogen-bond donors (Lipinski definition) is 1. The maximum atomic E-state index is 14.0. The maximum absolute atomic E-state index is 14.0. The fraction of sp³-hybridized carbons (Fsp3) is 0.333. The SMILES string of the molecule is CC(C)(C)NC(=O)[C@@H](Cc1ccccc1)N(Cc1ccccc1)C(=O)CN(c1ccc(Cl)c(C(F)(F)F)c1)S(C)(=O)=O. The van der Waals surface area contributed by atoms with Crippen LogP contribution in [0.5, 0.6) is 0 Å². The van der Waals surface area contributed by atoms with Crippen LogP contribution < -0.4 is 9.62 Å². The van der Waals surface area contributed by atoms with E-state index in [-0.39, 0.29) is 18.7 Å². The second kappa shape index (κ2) is 13.2. The molecule has 42 heavy (non-hydrogen) atoms.